The molecule has 1 aliphatic rings. The molecule has 0 radical (unpaired) electrons. The van der Waals surface area contributed by atoms with E-state index in [4.69, 9.17) is 4.74 Å². The van der Waals surface area contributed by atoms with Crippen LogP contribution < -0.4 is 10.2 Å². The smallest absolute Gasteiger partial charge is 0.333 e. The summed E-state index contributed by atoms with van der Waals surface area (Å²) in [7, 11) is 0. The van der Waals surface area contributed by atoms with Gasteiger partial charge in [0.05, 0.1) is 29.5 Å². The van der Waals surface area contributed by atoms with Crippen LogP contribution in [0.3, 0.4) is 0 Å². The van der Waals surface area contributed by atoms with Crippen LogP contribution >= 0.6 is 11.3 Å². The Labute approximate surface area is 153 Å². The van der Waals surface area contributed by atoms with Crippen molar-refractivity contribution in [2.75, 3.05) is 36.5 Å². The van der Waals surface area contributed by atoms with E-state index in [1.807, 2.05) is 13.0 Å². The maximum atomic E-state index is 12.1. The Balaban J connectivity index is 1.56. The fraction of sp³-hybridized carbons (Fsp3) is 0.312. The zero-order valence-electron chi connectivity index (χ0n) is 14.1. The molecule has 26 heavy (non-hydrogen) atoms. The van der Waals surface area contributed by atoms with E-state index in [2.05, 4.69) is 30.2 Å². The average Bonchev–Trinajstić information content (AvgIpc) is 3.33. The molecule has 4 heterocycles. The number of aryl methyl sites for hydroxylation is 1. The summed E-state index contributed by atoms with van der Waals surface area (Å²) < 4.78 is 6.73. The molecule has 3 aromatic rings. The molecule has 1 saturated heterocycles. The van der Waals surface area contributed by atoms with Gasteiger partial charge in [-0.2, -0.15) is 0 Å². The number of nitrogens with one attached hydrogen (secondary N) is 1. The Bertz CT molecular complexity index is 903. The van der Waals surface area contributed by atoms with Crippen molar-refractivity contribution in [3.8, 4) is 10.6 Å². The van der Waals surface area contributed by atoms with Gasteiger partial charge < -0.3 is 9.64 Å². The molecule has 134 valence electrons. The van der Waals surface area contributed by atoms with Crippen molar-refractivity contribution in [1.82, 2.24) is 24.5 Å². The minimum atomic E-state index is -0.306. The van der Waals surface area contributed by atoms with Crippen LogP contribution in [0.5, 0.6) is 0 Å². The Hall–Kier alpha value is -2.85. The first-order valence-corrected chi connectivity index (χ1v) is 8.95. The maximum Gasteiger partial charge on any atom is 0.333 e. The number of carbonyl (C=O) groups is 1. The van der Waals surface area contributed by atoms with E-state index < -0.39 is 0 Å². The summed E-state index contributed by atoms with van der Waals surface area (Å²) >= 11 is 1.38. The van der Waals surface area contributed by atoms with Gasteiger partial charge in [-0.15, -0.1) is 0 Å². The molecule has 0 unspecified atom stereocenters. The van der Waals surface area contributed by atoms with Crippen molar-refractivity contribution < 1.29 is 9.53 Å². The molecule has 1 N–H and O–H groups in total. The minimum absolute atomic E-state index is 0.306. The first-order valence-electron chi connectivity index (χ1n) is 8.13. The van der Waals surface area contributed by atoms with Crippen LogP contribution in [0.2, 0.25) is 0 Å². The molecule has 10 heteroatoms. The normalized spacial score (nSPS) is 14.4. The number of hydrogen-bond acceptors (Lipinski definition) is 8. The highest BCUT2D eigenvalue weighted by Crippen LogP contribution is 2.32. The number of hydrogen-bond donors (Lipinski definition) is 1. The first kappa shape index (κ1) is 16.6. The van der Waals surface area contributed by atoms with Crippen LogP contribution in [0, 0.1) is 6.92 Å². The summed E-state index contributed by atoms with van der Waals surface area (Å²) in [5, 5.41) is 3.29. The molecular weight excluding hydrogens is 354 g/mol. The second kappa shape index (κ2) is 7.18. The molecule has 0 bridgehead atoms. The van der Waals surface area contributed by atoms with Crippen molar-refractivity contribution in [3.05, 3.63) is 36.7 Å². The van der Waals surface area contributed by atoms with Crippen LogP contribution in [0.15, 0.2) is 31.0 Å². The topological polar surface area (TPSA) is 98.1 Å². The summed E-state index contributed by atoms with van der Waals surface area (Å²) in [5.74, 6) is 0.683. The third-order valence-electron chi connectivity index (χ3n) is 3.92. The minimum Gasteiger partial charge on any atom is -0.378 e. The van der Waals surface area contributed by atoms with Crippen molar-refractivity contribution in [1.29, 1.82) is 0 Å². The van der Waals surface area contributed by atoms with Crippen LogP contribution in [-0.4, -0.2) is 56.8 Å². The number of amides is 1. The first-order chi connectivity index (χ1) is 12.7. The fourth-order valence-electron chi connectivity index (χ4n) is 2.61. The fourth-order valence-corrected chi connectivity index (χ4v) is 3.54. The van der Waals surface area contributed by atoms with E-state index >= 15 is 0 Å². The second-order valence-corrected chi connectivity index (χ2v) is 6.67. The molecule has 0 aromatic carbocycles. The Kier molecular flexibility index (Phi) is 4.59. The van der Waals surface area contributed by atoms with E-state index in [1.54, 1.807) is 18.6 Å². The lowest BCUT2D eigenvalue weighted by atomic mass is 10.3. The van der Waals surface area contributed by atoms with Crippen LogP contribution in [0.25, 0.3) is 10.6 Å². The summed E-state index contributed by atoms with van der Waals surface area (Å²) in [6, 6.07) is 1.55. The van der Waals surface area contributed by atoms with Gasteiger partial charge in [0.15, 0.2) is 5.13 Å². The van der Waals surface area contributed by atoms with Gasteiger partial charge in [0, 0.05) is 31.7 Å². The lowest BCUT2D eigenvalue weighted by molar-refractivity contribution is 0.122. The van der Waals surface area contributed by atoms with Crippen LogP contribution in [0.4, 0.5) is 15.9 Å². The van der Waals surface area contributed by atoms with E-state index in [-0.39, 0.29) is 6.03 Å². The van der Waals surface area contributed by atoms with Gasteiger partial charge in [-0.25, -0.2) is 24.7 Å². The SMILES string of the molecule is Cc1nc(NC(=O)n2ccnc2)sc1-c1ccnc(N2CCOCC2)n1. The van der Waals surface area contributed by atoms with E-state index in [0.717, 1.165) is 29.4 Å². The van der Waals surface area contributed by atoms with E-state index in [1.165, 1.54) is 22.2 Å². The standard InChI is InChI=1S/C16H17N7O2S/c1-11-13(26-15(19-11)21-16(24)23-5-4-17-10-23)12-2-3-18-14(20-12)22-6-8-25-9-7-22/h2-5,10H,6-9H2,1H3,(H,19,21,24). The molecule has 0 atom stereocenters. The van der Waals surface area contributed by atoms with E-state index in [9.17, 15) is 4.79 Å². The molecule has 0 spiro atoms. The summed E-state index contributed by atoms with van der Waals surface area (Å²) in [6.45, 7) is 4.80. The highest BCUT2D eigenvalue weighted by molar-refractivity contribution is 7.19. The van der Waals surface area contributed by atoms with Crippen molar-refractivity contribution in [2.45, 2.75) is 6.92 Å². The van der Waals surface area contributed by atoms with Crippen molar-refractivity contribution in [3.63, 3.8) is 0 Å². The summed E-state index contributed by atoms with van der Waals surface area (Å²) in [4.78, 5) is 32.5. The molecule has 9 nitrogen and oxygen atoms in total. The molecule has 0 aliphatic carbocycles. The third kappa shape index (κ3) is 3.41. The molecule has 1 amide bonds. The van der Waals surface area contributed by atoms with Gasteiger partial charge in [-0.1, -0.05) is 11.3 Å². The third-order valence-corrected chi connectivity index (χ3v) is 5.01. The van der Waals surface area contributed by atoms with Crippen molar-refractivity contribution >= 4 is 28.4 Å². The van der Waals surface area contributed by atoms with Crippen LogP contribution in [-0.2, 0) is 4.74 Å². The van der Waals surface area contributed by atoms with Gasteiger partial charge in [-0.05, 0) is 13.0 Å². The molecule has 4 rings (SSSR count). The predicted molar refractivity (Wildman–Crippen MR) is 97.6 cm³/mol. The molecule has 3 aromatic heterocycles. The quantitative estimate of drug-likeness (QED) is 0.752. The van der Waals surface area contributed by atoms with Gasteiger partial charge in [0.25, 0.3) is 0 Å². The zero-order chi connectivity index (χ0) is 17.9. The number of carbonyl (C=O) groups excluding carboxylic acids is 1. The van der Waals surface area contributed by atoms with Crippen molar-refractivity contribution in [2.24, 2.45) is 0 Å². The Morgan fingerprint density at radius 2 is 2.12 bits per heavy atom. The molecule has 1 aliphatic heterocycles. The predicted octanol–water partition coefficient (Wildman–Crippen LogP) is 2.02. The van der Waals surface area contributed by atoms with Gasteiger partial charge in [0.2, 0.25) is 5.95 Å². The lowest BCUT2D eigenvalue weighted by Crippen LogP contribution is -2.37. The lowest BCUT2D eigenvalue weighted by Gasteiger charge is -2.26. The zero-order valence-corrected chi connectivity index (χ0v) is 14.9. The highest BCUT2D eigenvalue weighted by atomic mass is 32.1. The Morgan fingerprint density at radius 1 is 1.27 bits per heavy atom. The number of thiazole rings is 1. The number of imidazole rings is 1. The number of rotatable bonds is 3. The van der Waals surface area contributed by atoms with E-state index in [0.29, 0.717) is 24.3 Å². The van der Waals surface area contributed by atoms with Crippen LogP contribution in [0.1, 0.15) is 5.69 Å². The summed E-state index contributed by atoms with van der Waals surface area (Å²) in [6.07, 6.45) is 6.31. The second-order valence-electron chi connectivity index (χ2n) is 5.67. The summed E-state index contributed by atoms with van der Waals surface area (Å²) in [5.41, 5.74) is 1.60. The highest BCUT2D eigenvalue weighted by Gasteiger charge is 2.17. The number of anilines is 2. The van der Waals surface area contributed by atoms with Gasteiger partial charge >= 0.3 is 6.03 Å². The number of ether oxygens (including phenoxy) is 1. The number of nitrogens with zero attached hydrogens (tertiary/aromatic N) is 6. The Morgan fingerprint density at radius 3 is 2.88 bits per heavy atom. The monoisotopic (exact) mass is 371 g/mol. The average molecular weight is 371 g/mol. The number of aromatic nitrogens is 5. The molecular formula is C16H17N7O2S. The largest absolute Gasteiger partial charge is 0.378 e. The molecule has 1 fully saturated rings. The number of morpholine rings is 1. The maximum absolute atomic E-state index is 12.1. The van der Waals surface area contributed by atoms with Gasteiger partial charge in [-0.3, -0.25) is 9.88 Å². The molecule has 0 saturated carbocycles. The van der Waals surface area contributed by atoms with Gasteiger partial charge in [0.1, 0.15) is 6.33 Å².